The summed E-state index contributed by atoms with van der Waals surface area (Å²) in [5, 5.41) is 0. The Balaban J connectivity index is 0.000000114. The van der Waals surface area contributed by atoms with Crippen molar-refractivity contribution in [2.24, 2.45) is 29.6 Å². The van der Waals surface area contributed by atoms with Crippen molar-refractivity contribution in [2.45, 2.75) is 215 Å². The normalized spacial score (nSPS) is 15.8. The number of carbonyl (C=O) groups is 18. The predicted molar refractivity (Wildman–Crippen MR) is 528 cm³/mol. The molecule has 0 spiro atoms. The molecule has 0 bridgehead atoms. The number of hydrogen-bond acceptors (Lipinski definition) is 25. The number of nitrogens with one attached hydrogen (secondary N) is 4. The van der Waals surface area contributed by atoms with E-state index in [1.165, 1.54) is 23.6 Å². The number of ketones is 16. The highest BCUT2D eigenvalue weighted by Crippen LogP contribution is 2.46. The number of hydrogen-bond donors (Lipinski definition) is 4. The molecule has 11 aliphatic carbocycles. The van der Waals surface area contributed by atoms with Crippen molar-refractivity contribution < 1.29 is 90.7 Å². The van der Waals surface area contributed by atoms with Crippen LogP contribution in [0.2, 0.25) is 0 Å². The minimum absolute atomic E-state index is 0.0112. The third kappa shape index (κ3) is 18.8. The Morgan fingerprint density at radius 3 is 0.903 bits per heavy atom. The largest absolute Gasteiger partial charge is 0.378 e. The number of carbonyl (C=O) groups excluding carboxylic acids is 18. The van der Waals surface area contributed by atoms with E-state index in [2.05, 4.69) is 49.8 Å². The van der Waals surface area contributed by atoms with Gasteiger partial charge in [0.05, 0.1) is 5.69 Å². The van der Waals surface area contributed by atoms with Crippen molar-refractivity contribution in [1.82, 2.24) is 59.0 Å². The Morgan fingerprint density at radius 2 is 0.576 bits per heavy atom. The van der Waals surface area contributed by atoms with E-state index in [4.69, 9.17) is 0 Å². The summed E-state index contributed by atoms with van der Waals surface area (Å²) in [6, 6.07) is 30.4. The van der Waals surface area contributed by atoms with Gasteiger partial charge in [-0.2, -0.15) is 0 Å². The van der Waals surface area contributed by atoms with Gasteiger partial charge in [0, 0.05) is 177 Å². The van der Waals surface area contributed by atoms with Crippen LogP contribution in [0.1, 0.15) is 382 Å². The number of imidazole rings is 6. The van der Waals surface area contributed by atoms with Gasteiger partial charge in [0.25, 0.3) is 34.7 Å². The highest BCUT2D eigenvalue weighted by atomic mass is 19.1. The zero-order chi connectivity index (χ0) is 103. The number of fused-ring (bicyclic) bond motifs is 18. The third-order valence-electron chi connectivity index (χ3n) is 27.3. The number of aromatic amines is 4. The number of nitrogens with zero attached hydrogens (tertiary/aromatic N) is 9. The maximum absolute atomic E-state index is 13.2. The Labute approximate surface area is 826 Å². The van der Waals surface area contributed by atoms with E-state index < -0.39 is 75.2 Å². The van der Waals surface area contributed by atoms with Crippen LogP contribution >= 0.6 is 0 Å². The van der Waals surface area contributed by atoms with Crippen molar-refractivity contribution >= 4 is 110 Å². The molecule has 5 fully saturated rings. The molecule has 5 saturated carbocycles. The summed E-state index contributed by atoms with van der Waals surface area (Å²) in [4.78, 5) is 264. The second kappa shape index (κ2) is 38.3. The summed E-state index contributed by atoms with van der Waals surface area (Å²) in [6.07, 6.45) is 10.1. The SMILES string of the molecule is CC(=O)Cc1ccc2c(c1)C(=O)C(=O)c1[nH]c(C(C)C)nc1-2.CC(C)c1nc2c([nH]1)C(=O)C(=O)c1cc(CC(=O)C3CC3)ccc1-2.CC(C)c1nc2c([nH]1)C(=O)C(=O)c1cc(F)ccc1-2.CC(C)c1nc2c([nH]1)C(=O)C(=O)c1cc(N(C)C)ccc1-2.CC(C)c1nc2c(n1C(=O)C1CC1)-c1ccc(CC(=O)C3CC3)cc1C(=O)C2=O.CC(C)c1nc2c(n1C(=O)C1CC1)C(=O)C(=O)c1cc(CC(=O)C3CC3)ccc1-2. The molecule has 6 aromatic heterocycles. The van der Waals surface area contributed by atoms with Crippen LogP contribution in [0.25, 0.3) is 67.5 Å². The van der Waals surface area contributed by atoms with Crippen molar-refractivity contribution in [2.75, 3.05) is 19.0 Å². The summed E-state index contributed by atoms with van der Waals surface area (Å²) in [6.45, 7) is 24.9. The molecule has 6 heterocycles. The first kappa shape index (κ1) is 98.5. The summed E-state index contributed by atoms with van der Waals surface area (Å²) < 4.78 is 16.2. The highest BCUT2D eigenvalue weighted by Gasteiger charge is 2.47. The maximum Gasteiger partial charge on any atom is 0.254 e. The maximum atomic E-state index is 13.2. The van der Waals surface area contributed by atoms with E-state index in [0.717, 1.165) is 110 Å². The quantitative estimate of drug-likeness (QED) is 0.0515. The molecule has 32 heteroatoms. The van der Waals surface area contributed by atoms with Crippen LogP contribution in [-0.2, 0) is 44.9 Å². The first-order chi connectivity index (χ1) is 68.4. The topological polar surface area (TPSA) is 461 Å². The van der Waals surface area contributed by atoms with Gasteiger partial charge in [-0.25, -0.2) is 34.3 Å². The van der Waals surface area contributed by atoms with Gasteiger partial charge in [0.1, 0.15) is 127 Å². The average molecular weight is 1940 g/mol. The van der Waals surface area contributed by atoms with E-state index in [1.807, 2.05) is 132 Å². The van der Waals surface area contributed by atoms with Gasteiger partial charge in [-0.3, -0.25) is 95.4 Å². The van der Waals surface area contributed by atoms with Crippen LogP contribution in [0.4, 0.5) is 10.1 Å². The molecule has 31 nitrogen and oxygen atoms in total. The molecule has 0 aliphatic heterocycles. The van der Waals surface area contributed by atoms with Crippen molar-refractivity contribution in [3.8, 4) is 67.5 Å². The Morgan fingerprint density at radius 1 is 0.299 bits per heavy atom. The fourth-order valence-electron chi connectivity index (χ4n) is 18.5. The number of H-pyrrole nitrogens is 4. The molecule has 0 atom stereocenters. The Bertz CT molecular complexity index is 7660. The van der Waals surface area contributed by atoms with Crippen LogP contribution in [0, 0.1) is 35.4 Å². The van der Waals surface area contributed by atoms with Gasteiger partial charge < -0.3 is 24.8 Å². The highest BCUT2D eigenvalue weighted by molar-refractivity contribution is 6.56. The second-order valence-corrected chi connectivity index (χ2v) is 41.0. The minimum Gasteiger partial charge on any atom is -0.378 e. The van der Waals surface area contributed by atoms with Crippen LogP contribution < -0.4 is 4.90 Å². The zero-order valence-corrected chi connectivity index (χ0v) is 82.4. The lowest BCUT2D eigenvalue weighted by molar-refractivity contribution is -0.120. The lowest BCUT2D eigenvalue weighted by Crippen LogP contribution is -2.28. The van der Waals surface area contributed by atoms with Crippen molar-refractivity contribution in [3.05, 3.63) is 240 Å². The summed E-state index contributed by atoms with van der Waals surface area (Å²) in [5.41, 5.74) is 13.4. The van der Waals surface area contributed by atoms with Gasteiger partial charge in [0.2, 0.25) is 46.5 Å². The Kier molecular flexibility index (Phi) is 26.2. The van der Waals surface area contributed by atoms with Gasteiger partial charge >= 0.3 is 0 Å². The molecule has 144 heavy (non-hydrogen) atoms. The second-order valence-electron chi connectivity index (χ2n) is 41.0. The standard InChI is InChI=1S/2C23H22N2O4.C19H18N2O3.C17H16N2O3.C16H17N3O2.C14H11FN2O2/c1-11(2)22-24-18-19(25(22)23(29)14-6-7-14)15-8-3-12(10-17(26)13-4-5-13)9-16(15)20(27)21(18)28;1-11(2)22-24-18-15-8-3-12(10-17(26)13-4-5-13)9-16(15)20(27)21(28)19(18)25(22)23(29)14-6-7-14;1-9(2)19-20-15-12-6-3-10(8-14(22)11-4-5-11)7-13(12)17(23)18(24)16(15)21-19;1-8(2)17-18-13-11-5-4-10(6-9(3)20)7-12(11)15(21)16(22)14(13)19-17;1-8(2)16-17-12-10-6-5-9(19(3)4)7-11(10)14(20)15(21)13(12)18-16;1-6(2)14-16-10-8-4-3-7(15)5-9(8)12(18)13(19)11(10)17-14/h2*3,8-9,11,13-14H,4-7,10H2,1-2H3;3,6-7,9,11H,4-5,8H2,1-2H3,(H,20,21);4-5,7-8H,6H2,1-3H3,(H,18,19);5-8H,1-4H3,(H,17,18);3-6H,1-2H3,(H,16,17). The first-order valence-electron chi connectivity index (χ1n) is 48.9. The average Bonchev–Trinajstić information content (AvgIpc) is 1.56. The predicted octanol–water partition coefficient (Wildman–Crippen LogP) is 18.4. The summed E-state index contributed by atoms with van der Waals surface area (Å²) >= 11 is 0. The number of aromatic nitrogens is 12. The number of halogens is 1. The minimum atomic E-state index is -0.694. The molecule has 0 unspecified atom stereocenters. The molecular weight excluding hydrogens is 1830 g/mol. The molecule has 0 saturated heterocycles. The molecule has 4 N–H and O–H groups in total. The fraction of sp³-hybridized carbons (Fsp3) is 0.357. The molecule has 0 radical (unpaired) electrons. The molecule has 23 rings (SSSR count). The zero-order valence-electron chi connectivity index (χ0n) is 82.4. The smallest absolute Gasteiger partial charge is 0.254 e. The first-order valence-corrected chi connectivity index (χ1v) is 48.9. The van der Waals surface area contributed by atoms with Gasteiger partial charge in [-0.05, 0) is 154 Å². The van der Waals surface area contributed by atoms with E-state index in [-0.39, 0.29) is 164 Å². The third-order valence-corrected chi connectivity index (χ3v) is 27.3. The number of Topliss-reactive ketones (excluding diaryl/α,β-unsaturated/α-hetero) is 16. The van der Waals surface area contributed by atoms with Crippen molar-refractivity contribution in [1.29, 1.82) is 0 Å². The molecule has 12 aromatic rings. The summed E-state index contributed by atoms with van der Waals surface area (Å²) in [5.74, 6) is -2.74. The number of rotatable bonds is 20. The summed E-state index contributed by atoms with van der Waals surface area (Å²) in [7, 11) is 3.79. The molecule has 6 aromatic carbocycles. The lowest BCUT2D eigenvalue weighted by Gasteiger charge is -2.18. The Hall–Kier alpha value is -15.6. The fourth-order valence-corrected chi connectivity index (χ4v) is 18.5. The molecule has 11 aliphatic rings. The van der Waals surface area contributed by atoms with Crippen LogP contribution in [0.5, 0.6) is 0 Å². The van der Waals surface area contributed by atoms with Crippen LogP contribution in [0.15, 0.2) is 109 Å². The van der Waals surface area contributed by atoms with Crippen molar-refractivity contribution in [3.63, 3.8) is 0 Å². The van der Waals surface area contributed by atoms with Gasteiger partial charge in [0.15, 0.2) is 0 Å². The van der Waals surface area contributed by atoms with E-state index in [9.17, 15) is 90.7 Å². The van der Waals surface area contributed by atoms with Gasteiger partial charge in [-0.1, -0.05) is 132 Å². The van der Waals surface area contributed by atoms with E-state index in [0.29, 0.717) is 120 Å². The van der Waals surface area contributed by atoms with E-state index in [1.54, 1.807) is 65.2 Å². The van der Waals surface area contributed by atoms with E-state index >= 15 is 0 Å². The van der Waals surface area contributed by atoms with Crippen LogP contribution in [-0.4, -0.2) is 177 Å². The molecular formula is C112H106FN13O18. The van der Waals surface area contributed by atoms with Crippen LogP contribution in [0.3, 0.4) is 0 Å². The molecule has 0 amide bonds. The number of anilines is 1. The van der Waals surface area contributed by atoms with Gasteiger partial charge in [-0.15, -0.1) is 0 Å². The molecule has 734 valence electrons. The monoisotopic (exact) mass is 1940 g/mol. The number of benzene rings is 6. The lowest BCUT2D eigenvalue weighted by atomic mass is 9.88.